The molecule has 118 valence electrons. The van der Waals surface area contributed by atoms with Gasteiger partial charge >= 0.3 is 0 Å². The van der Waals surface area contributed by atoms with Crippen LogP contribution in [-0.2, 0) is 0 Å². The molecule has 1 aromatic heterocycles. The second-order valence-electron chi connectivity index (χ2n) is 5.54. The fourth-order valence-electron chi connectivity index (χ4n) is 2.31. The molecule has 5 nitrogen and oxygen atoms in total. The number of amides is 1. The van der Waals surface area contributed by atoms with Gasteiger partial charge in [0.25, 0.3) is 5.91 Å². The number of hydrogen-bond acceptors (Lipinski definition) is 4. The Labute approximate surface area is 131 Å². The van der Waals surface area contributed by atoms with Crippen molar-refractivity contribution in [3.05, 3.63) is 53.3 Å². The zero-order chi connectivity index (χ0) is 16.6. The van der Waals surface area contributed by atoms with Gasteiger partial charge in [0.2, 0.25) is 5.89 Å². The summed E-state index contributed by atoms with van der Waals surface area (Å²) in [6.07, 6.45) is 0. The van der Waals surface area contributed by atoms with Crippen LogP contribution < -0.4 is 5.48 Å². The zero-order valence-corrected chi connectivity index (χ0v) is 12.6. The third kappa shape index (κ3) is 2.80. The van der Waals surface area contributed by atoms with Gasteiger partial charge in [0.1, 0.15) is 11.3 Å². The van der Waals surface area contributed by atoms with E-state index in [1.807, 2.05) is 19.9 Å². The number of nitrogens with zero attached hydrogens (tertiary/aromatic N) is 1. The first-order valence-electron chi connectivity index (χ1n) is 7.14. The van der Waals surface area contributed by atoms with E-state index in [0.717, 1.165) is 5.56 Å². The van der Waals surface area contributed by atoms with Crippen molar-refractivity contribution in [1.29, 1.82) is 0 Å². The van der Waals surface area contributed by atoms with Crippen LogP contribution in [0, 0.1) is 5.82 Å². The van der Waals surface area contributed by atoms with Crippen LogP contribution in [-0.4, -0.2) is 16.1 Å². The average Bonchev–Trinajstić information content (AvgIpc) is 2.96. The van der Waals surface area contributed by atoms with Crippen molar-refractivity contribution in [2.24, 2.45) is 0 Å². The van der Waals surface area contributed by atoms with E-state index in [4.69, 9.17) is 9.62 Å². The molecule has 0 aliphatic rings. The van der Waals surface area contributed by atoms with E-state index in [0.29, 0.717) is 11.1 Å². The van der Waals surface area contributed by atoms with Crippen molar-refractivity contribution < 1.29 is 18.8 Å². The van der Waals surface area contributed by atoms with E-state index in [9.17, 15) is 9.18 Å². The van der Waals surface area contributed by atoms with Gasteiger partial charge in [-0.2, -0.15) is 0 Å². The van der Waals surface area contributed by atoms with Crippen molar-refractivity contribution in [2.75, 3.05) is 0 Å². The molecule has 0 fully saturated rings. The highest BCUT2D eigenvalue weighted by molar-refractivity contribution is 5.96. The lowest BCUT2D eigenvalue weighted by atomic mass is 10.0. The van der Waals surface area contributed by atoms with E-state index in [1.165, 1.54) is 18.2 Å². The lowest BCUT2D eigenvalue weighted by Gasteiger charge is -2.06. The lowest BCUT2D eigenvalue weighted by Crippen LogP contribution is -2.18. The molecule has 0 spiro atoms. The number of oxazole rings is 1. The van der Waals surface area contributed by atoms with Crippen LogP contribution in [0.5, 0.6) is 0 Å². The van der Waals surface area contributed by atoms with Crippen molar-refractivity contribution >= 4 is 17.0 Å². The Kier molecular flexibility index (Phi) is 3.83. The third-order valence-electron chi connectivity index (χ3n) is 3.64. The third-order valence-corrected chi connectivity index (χ3v) is 3.64. The molecule has 0 saturated carbocycles. The van der Waals surface area contributed by atoms with Crippen molar-refractivity contribution in [2.45, 2.75) is 19.8 Å². The molecule has 0 radical (unpaired) electrons. The molecular weight excluding hydrogens is 299 g/mol. The number of aromatic nitrogens is 1. The number of carbonyl (C=O) groups excluding carboxylic acids is 1. The maximum Gasteiger partial charge on any atom is 0.274 e. The Morgan fingerprint density at radius 3 is 2.70 bits per heavy atom. The van der Waals surface area contributed by atoms with Crippen LogP contribution in [0.15, 0.2) is 40.8 Å². The van der Waals surface area contributed by atoms with Crippen LogP contribution in [0.3, 0.4) is 0 Å². The zero-order valence-electron chi connectivity index (χ0n) is 12.6. The highest BCUT2D eigenvalue weighted by atomic mass is 19.1. The Balaban J connectivity index is 2.05. The first-order valence-corrected chi connectivity index (χ1v) is 7.14. The minimum Gasteiger partial charge on any atom is -0.436 e. The maximum atomic E-state index is 14.3. The number of rotatable bonds is 3. The summed E-state index contributed by atoms with van der Waals surface area (Å²) in [5, 5.41) is 8.66. The van der Waals surface area contributed by atoms with E-state index in [2.05, 4.69) is 4.98 Å². The van der Waals surface area contributed by atoms with Crippen molar-refractivity contribution in [3.63, 3.8) is 0 Å². The van der Waals surface area contributed by atoms with E-state index >= 15 is 0 Å². The molecule has 3 aromatic rings. The molecule has 0 bridgehead atoms. The van der Waals surface area contributed by atoms with Crippen LogP contribution in [0.25, 0.3) is 22.6 Å². The molecule has 23 heavy (non-hydrogen) atoms. The van der Waals surface area contributed by atoms with E-state index in [1.54, 1.807) is 17.6 Å². The minimum absolute atomic E-state index is 0.148. The number of fused-ring (bicyclic) bond motifs is 1. The Bertz CT molecular complexity index is 887. The molecule has 2 aromatic carbocycles. The largest absolute Gasteiger partial charge is 0.436 e. The summed E-state index contributed by atoms with van der Waals surface area (Å²) in [5.74, 6) is -0.684. The molecule has 0 aliphatic heterocycles. The van der Waals surface area contributed by atoms with Crippen LogP contribution in [0.2, 0.25) is 0 Å². The summed E-state index contributed by atoms with van der Waals surface area (Å²) in [4.78, 5) is 15.6. The number of carbonyl (C=O) groups is 1. The summed E-state index contributed by atoms with van der Waals surface area (Å²) >= 11 is 0. The van der Waals surface area contributed by atoms with Gasteiger partial charge in [-0.15, -0.1) is 0 Å². The molecular formula is C17H15FN2O3. The quantitative estimate of drug-likeness (QED) is 0.568. The monoisotopic (exact) mass is 314 g/mol. The number of benzene rings is 2. The Morgan fingerprint density at radius 1 is 1.26 bits per heavy atom. The van der Waals surface area contributed by atoms with Gasteiger partial charge in [0.05, 0.1) is 5.56 Å². The normalized spacial score (nSPS) is 11.2. The molecule has 1 amide bonds. The predicted molar refractivity (Wildman–Crippen MR) is 82.7 cm³/mol. The fraction of sp³-hybridized carbons (Fsp3) is 0.176. The molecule has 0 aliphatic carbocycles. The molecule has 0 atom stereocenters. The predicted octanol–water partition coefficient (Wildman–Crippen LogP) is 3.88. The summed E-state index contributed by atoms with van der Waals surface area (Å²) in [7, 11) is 0. The standard InChI is InChI=1S/C17H15FN2O3/c1-9(2)10-3-5-12(13(18)7-10)17-19-14-8-11(16(21)20-22)4-6-15(14)23-17/h3-9,22H,1-2H3,(H,20,21). The van der Waals surface area contributed by atoms with Gasteiger partial charge in [-0.1, -0.05) is 19.9 Å². The summed E-state index contributed by atoms with van der Waals surface area (Å²) in [6.45, 7) is 3.98. The molecule has 3 rings (SSSR count). The van der Waals surface area contributed by atoms with Crippen molar-refractivity contribution in [3.8, 4) is 11.5 Å². The summed E-state index contributed by atoms with van der Waals surface area (Å²) in [6, 6.07) is 9.45. The van der Waals surface area contributed by atoms with Gasteiger partial charge in [0.15, 0.2) is 5.58 Å². The first-order chi connectivity index (χ1) is 11.0. The van der Waals surface area contributed by atoms with Gasteiger partial charge in [0, 0.05) is 5.56 Å². The van der Waals surface area contributed by atoms with Gasteiger partial charge in [-0.05, 0) is 41.8 Å². The second kappa shape index (κ2) is 5.81. The van der Waals surface area contributed by atoms with Gasteiger partial charge in [-0.3, -0.25) is 10.0 Å². The number of halogens is 1. The summed E-state index contributed by atoms with van der Waals surface area (Å²) < 4.78 is 19.8. The van der Waals surface area contributed by atoms with E-state index in [-0.39, 0.29) is 22.9 Å². The van der Waals surface area contributed by atoms with Gasteiger partial charge in [-0.25, -0.2) is 14.9 Å². The molecule has 0 unspecified atom stereocenters. The van der Waals surface area contributed by atoms with Gasteiger partial charge < -0.3 is 4.42 Å². The average molecular weight is 314 g/mol. The van der Waals surface area contributed by atoms with Crippen LogP contribution in [0.1, 0.15) is 35.7 Å². The Hall–Kier alpha value is -2.73. The smallest absolute Gasteiger partial charge is 0.274 e. The molecule has 6 heteroatoms. The molecule has 2 N–H and O–H groups in total. The number of nitrogens with one attached hydrogen (secondary N) is 1. The minimum atomic E-state index is -0.649. The Morgan fingerprint density at radius 2 is 2.04 bits per heavy atom. The van der Waals surface area contributed by atoms with E-state index < -0.39 is 11.7 Å². The highest BCUT2D eigenvalue weighted by Crippen LogP contribution is 2.29. The molecule has 0 saturated heterocycles. The lowest BCUT2D eigenvalue weighted by molar-refractivity contribution is 0.0706. The highest BCUT2D eigenvalue weighted by Gasteiger charge is 2.15. The van der Waals surface area contributed by atoms with Crippen molar-refractivity contribution in [1.82, 2.24) is 10.5 Å². The topological polar surface area (TPSA) is 75.4 Å². The second-order valence-corrected chi connectivity index (χ2v) is 5.54. The molecule has 1 heterocycles. The van der Waals surface area contributed by atoms with Crippen LogP contribution in [0.4, 0.5) is 4.39 Å². The fourth-order valence-corrected chi connectivity index (χ4v) is 2.31. The maximum absolute atomic E-state index is 14.3. The first kappa shape index (κ1) is 15.2. The number of hydroxylamine groups is 1. The SMILES string of the molecule is CC(C)c1ccc(-c2nc3cc(C(=O)NO)ccc3o2)c(F)c1. The number of hydrogen-bond donors (Lipinski definition) is 2. The summed E-state index contributed by atoms with van der Waals surface area (Å²) in [5.41, 5.74) is 3.78. The van der Waals surface area contributed by atoms with Crippen LogP contribution >= 0.6 is 0 Å².